The zero-order valence-corrected chi connectivity index (χ0v) is 70.4. The predicted molar refractivity (Wildman–Crippen MR) is 511 cm³/mol. The van der Waals surface area contributed by atoms with Gasteiger partial charge in [-0.05, 0) is 200 Å². The highest BCUT2D eigenvalue weighted by molar-refractivity contribution is 8.00. The van der Waals surface area contributed by atoms with Crippen molar-refractivity contribution in [3.05, 3.63) is 503 Å². The Hall–Kier alpha value is -14.7. The smallest absolute Gasteiger partial charge is 0.207 e. The van der Waals surface area contributed by atoms with Crippen LogP contribution in [0.4, 0.5) is 28.4 Å². The average Bonchev–Trinajstić information content (AvgIpc) is 1.59. The van der Waals surface area contributed by atoms with E-state index in [0.29, 0.717) is 36.7 Å². The molecule has 14 heteroatoms. The Morgan fingerprint density at radius 1 is 0.339 bits per heavy atom. The Labute approximate surface area is 730 Å². The van der Waals surface area contributed by atoms with Gasteiger partial charge < -0.3 is 15.0 Å². The molecule has 1 N–H and O–H groups in total. The van der Waals surface area contributed by atoms with E-state index in [1.165, 1.54) is 50.3 Å². The minimum absolute atomic E-state index is 0.245. The molecule has 0 saturated heterocycles. The second-order valence-electron chi connectivity index (χ2n) is 29.1. The summed E-state index contributed by atoms with van der Waals surface area (Å²) in [7, 11) is -6.60. The molecule has 2 aliphatic carbocycles. The van der Waals surface area contributed by atoms with E-state index in [4.69, 9.17) is 4.74 Å². The largest absolute Gasteiger partial charge is 0.485 e. The van der Waals surface area contributed by atoms with E-state index in [2.05, 4.69) is 212 Å². The SMILES string of the molecule is C1=CC2Cc3ccccc3OC2C=C1.C1=CC2Cc3ccccc3SC2C=C1.O=S(=O)(c1ccccc1)c1ccccc1.O=S1(=O)c2ccccc2-c2ccccc21.c1ccc(N(c2ccccc2)c2ccccc2)cc1.c1ccc(Nc2ccccc2)cc1.c1ccc2nc3ccccc3cc2c1.c1ccc2nc3ccccc3nc2c1.c1ccncc1. The summed E-state index contributed by atoms with van der Waals surface area (Å²) >= 11 is 2.00. The number of rotatable bonds is 7. The molecule has 15 aromatic carbocycles. The number of nitrogens with zero attached hydrogens (tertiary/aromatic N) is 5. The number of sulfone groups is 2. The van der Waals surface area contributed by atoms with Gasteiger partial charge in [-0.25, -0.2) is 31.8 Å². The normalized spacial score (nSPS) is 15.0. The van der Waals surface area contributed by atoms with E-state index >= 15 is 0 Å². The number of pyridine rings is 2. The third-order valence-corrected chi connectivity index (χ3v) is 25.7. The zero-order valence-electron chi connectivity index (χ0n) is 68.0. The number of ether oxygens (including phenoxy) is 1. The highest BCUT2D eigenvalue weighted by Crippen LogP contribution is 2.44. The standard InChI is InChI=1S/C18H15N.C13H9N.C13H12O.C13H12S.C12H8N2.C12H11N.C12H8O2S.C12H10O2S.C5H5N/c1-4-10-16(11-5-1)19(17-12-6-2-7-13-17)18-14-8-3-9-15-18;3*1-3-7-12-10(5-1)9-11-6-2-4-8-13(11)14-12;1-2-6-10-9(5-1)13-11-7-3-4-8-12(11)14-10;1-3-7-11(8-4-1)13-12-9-5-2-6-10-12;13-15(14)11-7-3-1-5-9(11)10-6-2-4-8-12(10)15;13-15(14,11-7-3-1-4-8-11)12-9-5-2-6-10-12;1-2-4-6-5-3-1/h1-15H;1-9H;2*1-8,10,12H,9H2;1-8H;1-10,13H;1-8H;1-10H;1-5H. The van der Waals surface area contributed by atoms with Gasteiger partial charge in [-0.1, -0.05) is 309 Å². The van der Waals surface area contributed by atoms with Gasteiger partial charge >= 0.3 is 0 Å². The van der Waals surface area contributed by atoms with Gasteiger partial charge in [0.1, 0.15) is 11.9 Å². The van der Waals surface area contributed by atoms with E-state index in [-0.39, 0.29) is 6.10 Å². The van der Waals surface area contributed by atoms with E-state index in [0.717, 1.165) is 67.8 Å². The van der Waals surface area contributed by atoms with Gasteiger partial charge in [0.05, 0.1) is 52.7 Å². The van der Waals surface area contributed by atoms with Crippen LogP contribution in [0.15, 0.2) is 516 Å². The van der Waals surface area contributed by atoms with E-state index in [1.807, 2.05) is 224 Å². The summed E-state index contributed by atoms with van der Waals surface area (Å²) in [6, 6.07) is 140. The molecule has 3 aromatic heterocycles. The highest BCUT2D eigenvalue weighted by atomic mass is 32.2. The first kappa shape index (κ1) is 84.4. The molecule has 11 nitrogen and oxygen atoms in total. The van der Waals surface area contributed by atoms with Crippen molar-refractivity contribution in [2.24, 2.45) is 11.8 Å². The number of hydrogen-bond acceptors (Lipinski definition) is 12. The Balaban J connectivity index is 0.000000109. The summed E-state index contributed by atoms with van der Waals surface area (Å²) in [5, 5.41) is 6.37. The van der Waals surface area contributed by atoms with E-state index in [9.17, 15) is 16.8 Å². The van der Waals surface area contributed by atoms with Crippen LogP contribution < -0.4 is 15.0 Å². The maximum atomic E-state index is 12.1. The lowest BCUT2D eigenvalue weighted by molar-refractivity contribution is 0.178. The number of allylic oxidation sites excluding steroid dienone is 5. The van der Waals surface area contributed by atoms with Crippen molar-refractivity contribution >= 4 is 104 Å². The maximum Gasteiger partial charge on any atom is 0.207 e. The molecule has 23 rings (SSSR count). The molecule has 0 radical (unpaired) electrons. The molecule has 0 saturated carbocycles. The summed E-state index contributed by atoms with van der Waals surface area (Å²) in [5.74, 6) is 2.28. The van der Waals surface area contributed by atoms with Gasteiger partial charge in [0.15, 0.2) is 0 Å². The van der Waals surface area contributed by atoms with Crippen LogP contribution in [-0.4, -0.2) is 48.1 Å². The minimum Gasteiger partial charge on any atom is -0.485 e. The molecule has 5 aliphatic rings. The van der Waals surface area contributed by atoms with Crippen molar-refractivity contribution in [2.75, 3.05) is 10.2 Å². The number of anilines is 5. The summed E-state index contributed by atoms with van der Waals surface area (Å²) in [5.41, 5.74) is 16.1. The number of benzene rings is 15. The van der Waals surface area contributed by atoms with Gasteiger partial charge in [0, 0.05) is 78.8 Å². The average molecular weight is 1670 g/mol. The molecule has 4 atom stereocenters. The summed E-state index contributed by atoms with van der Waals surface area (Å²) in [6.45, 7) is 0. The zero-order chi connectivity index (χ0) is 84.8. The van der Waals surface area contributed by atoms with Crippen molar-refractivity contribution in [3.63, 3.8) is 0 Å². The molecule has 6 heterocycles. The molecule has 0 fully saturated rings. The van der Waals surface area contributed by atoms with Gasteiger partial charge in [-0.3, -0.25) is 4.98 Å². The number of thioether (sulfide) groups is 1. The van der Waals surface area contributed by atoms with Crippen LogP contribution in [0.1, 0.15) is 11.1 Å². The Morgan fingerprint density at radius 2 is 0.694 bits per heavy atom. The van der Waals surface area contributed by atoms with E-state index < -0.39 is 19.7 Å². The molecule has 608 valence electrons. The molecule has 4 unspecified atom stereocenters. The third-order valence-electron chi connectivity index (χ3n) is 20.6. The fourth-order valence-electron chi connectivity index (χ4n) is 14.6. The number of aromatic nitrogens is 4. The molecule has 0 amide bonds. The minimum atomic E-state index is -3.34. The topological polar surface area (TPSA) is 144 Å². The number of para-hydroxylation sites is 12. The van der Waals surface area contributed by atoms with Crippen molar-refractivity contribution in [2.45, 2.75) is 48.7 Å². The van der Waals surface area contributed by atoms with Crippen molar-refractivity contribution < 1.29 is 21.6 Å². The Bertz CT molecular complexity index is 6100. The molecule has 124 heavy (non-hydrogen) atoms. The van der Waals surface area contributed by atoms with Gasteiger partial charge in [0.2, 0.25) is 19.7 Å². The van der Waals surface area contributed by atoms with E-state index in [1.54, 1.807) is 97.3 Å². The second kappa shape index (κ2) is 42.5. The van der Waals surface area contributed by atoms with Crippen LogP contribution in [0.3, 0.4) is 0 Å². The maximum absolute atomic E-state index is 12.1. The van der Waals surface area contributed by atoms with Crippen molar-refractivity contribution in [3.8, 4) is 16.9 Å². The number of fused-ring (bicyclic) bond motifs is 11. The number of nitrogens with one attached hydrogen (secondary N) is 1. The first-order chi connectivity index (χ1) is 61.1. The summed E-state index contributed by atoms with van der Waals surface area (Å²) in [6.07, 6.45) is 23.6. The van der Waals surface area contributed by atoms with Gasteiger partial charge in [-0.2, -0.15) is 0 Å². The highest BCUT2D eigenvalue weighted by Gasteiger charge is 2.32. The number of hydrogen-bond donors (Lipinski definition) is 1. The fraction of sp³-hybridized carbons (Fsp3) is 0.0545. The van der Waals surface area contributed by atoms with Gasteiger partial charge in [0.25, 0.3) is 0 Å². The summed E-state index contributed by atoms with van der Waals surface area (Å²) < 4.78 is 54.1. The van der Waals surface area contributed by atoms with Crippen LogP contribution in [0, 0.1) is 11.8 Å². The fourth-order valence-corrected chi connectivity index (χ4v) is 18.8. The molecule has 3 aliphatic heterocycles. The van der Waals surface area contributed by atoms with Crippen LogP contribution in [-0.2, 0) is 32.5 Å². The summed E-state index contributed by atoms with van der Waals surface area (Å²) in [4.78, 5) is 22.6. The molecular formula is C110H90N6O5S3. The third kappa shape index (κ3) is 22.3. The van der Waals surface area contributed by atoms with Gasteiger partial charge in [-0.15, -0.1) is 11.8 Å². The lowest BCUT2D eigenvalue weighted by Crippen LogP contribution is -2.30. The lowest BCUT2D eigenvalue weighted by atomic mass is 9.88. The van der Waals surface area contributed by atoms with Crippen LogP contribution in [0.2, 0.25) is 0 Å². The monoisotopic (exact) mass is 1670 g/mol. The molecular weight excluding hydrogens is 1580 g/mol. The van der Waals surface area contributed by atoms with Crippen molar-refractivity contribution in [1.82, 2.24) is 19.9 Å². The first-order valence-electron chi connectivity index (χ1n) is 41.1. The Morgan fingerprint density at radius 3 is 1.16 bits per heavy atom. The van der Waals surface area contributed by atoms with Crippen LogP contribution >= 0.6 is 11.8 Å². The van der Waals surface area contributed by atoms with Crippen LogP contribution in [0.5, 0.6) is 5.75 Å². The quantitative estimate of drug-likeness (QED) is 0.152. The Kier molecular flexibility index (Phi) is 28.9. The second-order valence-corrected chi connectivity index (χ2v) is 34.1. The molecule has 0 bridgehead atoms. The molecule has 0 spiro atoms. The first-order valence-corrected chi connectivity index (χ1v) is 44.9. The molecule has 18 aromatic rings. The lowest BCUT2D eigenvalue weighted by Gasteiger charge is -2.31. The van der Waals surface area contributed by atoms with Crippen molar-refractivity contribution in [1.29, 1.82) is 0 Å². The van der Waals surface area contributed by atoms with Crippen LogP contribution in [0.25, 0.3) is 55.0 Å². The predicted octanol–water partition coefficient (Wildman–Crippen LogP) is 27.0.